The van der Waals surface area contributed by atoms with Crippen molar-refractivity contribution < 1.29 is 13.9 Å². The first-order valence-corrected chi connectivity index (χ1v) is 11.4. The lowest BCUT2D eigenvalue weighted by Gasteiger charge is -2.30. The highest BCUT2D eigenvalue weighted by Gasteiger charge is 2.41. The first-order chi connectivity index (χ1) is 12.9. The van der Waals surface area contributed by atoms with Crippen molar-refractivity contribution in [2.75, 3.05) is 12.7 Å². The molecule has 0 heterocycles. The van der Waals surface area contributed by atoms with E-state index in [9.17, 15) is 4.89 Å². The molecule has 0 aliphatic rings. The molecule has 5 heteroatoms. The van der Waals surface area contributed by atoms with Gasteiger partial charge in [-0.3, -0.25) is 4.90 Å². The smallest absolute Gasteiger partial charge is 0.295 e. The largest absolute Gasteiger partial charge is 0.410 e. The van der Waals surface area contributed by atoms with Gasteiger partial charge in [0.2, 0.25) is 0 Å². The Morgan fingerprint density at radius 2 is 1.19 bits per heavy atom. The molecule has 0 radical (unpaired) electrons. The van der Waals surface area contributed by atoms with Crippen LogP contribution >= 0.6 is 7.94 Å². The fraction of sp³-hybridized carbons (Fsp3) is 0.455. The quantitative estimate of drug-likeness (QED) is 0.529. The van der Waals surface area contributed by atoms with E-state index in [0.717, 1.165) is 17.7 Å². The standard InChI is InChI=1S/C22H33NO3P/c1-19(2)23(20(3)4)15-16-27(24,25-17-21-11-7-5-8-12-21)26-18-22-13-9-6-10-14-22/h5-14,19-20,24H,15-18H2,1-4H3/q+1. The van der Waals surface area contributed by atoms with Crippen LogP contribution in [0.1, 0.15) is 38.8 Å². The zero-order valence-electron chi connectivity index (χ0n) is 16.9. The third-order valence-corrected chi connectivity index (χ3v) is 6.35. The molecule has 2 aromatic rings. The lowest BCUT2D eigenvalue weighted by Crippen LogP contribution is -2.39. The first-order valence-electron chi connectivity index (χ1n) is 9.63. The molecule has 0 spiro atoms. The van der Waals surface area contributed by atoms with Gasteiger partial charge in [-0.25, -0.2) is 0 Å². The van der Waals surface area contributed by atoms with Gasteiger partial charge in [-0.05, 0) is 38.8 Å². The molecule has 1 N–H and O–H groups in total. The van der Waals surface area contributed by atoms with Crippen molar-refractivity contribution in [3.8, 4) is 0 Å². The van der Waals surface area contributed by atoms with Crippen LogP contribution in [0, 0.1) is 0 Å². The zero-order valence-corrected chi connectivity index (χ0v) is 17.8. The lowest BCUT2D eigenvalue weighted by atomic mass is 10.2. The topological polar surface area (TPSA) is 41.9 Å². The summed E-state index contributed by atoms with van der Waals surface area (Å²) in [5, 5.41) is 0. The Hall–Kier alpha value is -1.29. The summed E-state index contributed by atoms with van der Waals surface area (Å²) in [6, 6.07) is 20.6. The average molecular weight is 390 g/mol. The SMILES string of the molecule is CC(C)N(CC[P+](O)(OCc1ccccc1)OCc1ccccc1)C(C)C. The van der Waals surface area contributed by atoms with Crippen LogP contribution in [0.3, 0.4) is 0 Å². The van der Waals surface area contributed by atoms with Crippen molar-refractivity contribution in [2.24, 2.45) is 0 Å². The highest BCUT2D eigenvalue weighted by molar-refractivity contribution is 7.60. The van der Waals surface area contributed by atoms with E-state index in [0.29, 0.717) is 31.5 Å². The summed E-state index contributed by atoms with van der Waals surface area (Å²) >= 11 is 0. The molecule has 0 aromatic heterocycles. The summed E-state index contributed by atoms with van der Waals surface area (Å²) < 4.78 is 11.9. The summed E-state index contributed by atoms with van der Waals surface area (Å²) in [5.41, 5.74) is 2.06. The fourth-order valence-electron chi connectivity index (χ4n) is 3.02. The summed E-state index contributed by atoms with van der Waals surface area (Å²) in [7, 11) is -2.98. The van der Waals surface area contributed by atoms with Gasteiger partial charge in [0.15, 0.2) is 6.16 Å². The molecule has 0 amide bonds. The predicted octanol–water partition coefficient (Wildman–Crippen LogP) is 5.29. The molecule has 0 unspecified atom stereocenters. The maximum absolute atomic E-state index is 11.2. The second-order valence-electron chi connectivity index (χ2n) is 7.30. The van der Waals surface area contributed by atoms with Crippen LogP contribution in [0.4, 0.5) is 0 Å². The fourth-order valence-corrected chi connectivity index (χ4v) is 4.54. The Labute approximate surface area is 164 Å². The highest BCUT2D eigenvalue weighted by Crippen LogP contribution is 2.58. The van der Waals surface area contributed by atoms with Crippen molar-refractivity contribution in [3.63, 3.8) is 0 Å². The van der Waals surface area contributed by atoms with Gasteiger partial charge in [-0.1, -0.05) is 60.7 Å². The van der Waals surface area contributed by atoms with Crippen molar-refractivity contribution in [1.82, 2.24) is 4.90 Å². The maximum Gasteiger partial charge on any atom is 0.410 e. The molecule has 2 aromatic carbocycles. The molecular weight excluding hydrogens is 357 g/mol. The number of hydrogen-bond donors (Lipinski definition) is 1. The molecule has 0 saturated heterocycles. The van der Waals surface area contributed by atoms with Crippen LogP contribution in [-0.4, -0.2) is 34.6 Å². The Balaban J connectivity index is 2.03. The molecule has 4 nitrogen and oxygen atoms in total. The van der Waals surface area contributed by atoms with E-state index < -0.39 is 7.94 Å². The van der Waals surface area contributed by atoms with Crippen LogP contribution in [0.5, 0.6) is 0 Å². The van der Waals surface area contributed by atoms with E-state index in [1.807, 2.05) is 60.7 Å². The van der Waals surface area contributed by atoms with Gasteiger partial charge in [0, 0.05) is 18.6 Å². The van der Waals surface area contributed by atoms with E-state index in [4.69, 9.17) is 9.05 Å². The van der Waals surface area contributed by atoms with Crippen LogP contribution in [0.15, 0.2) is 60.7 Å². The second-order valence-corrected chi connectivity index (χ2v) is 9.54. The molecular formula is C22H33NO3P+. The van der Waals surface area contributed by atoms with Crippen molar-refractivity contribution >= 4 is 7.94 Å². The Bertz CT molecular complexity index is 598. The summed E-state index contributed by atoms with van der Waals surface area (Å²) in [4.78, 5) is 13.5. The molecule has 27 heavy (non-hydrogen) atoms. The third kappa shape index (κ3) is 7.69. The van der Waals surface area contributed by atoms with E-state index in [-0.39, 0.29) is 0 Å². The molecule has 0 aliphatic heterocycles. The Morgan fingerprint density at radius 1 is 0.778 bits per heavy atom. The molecule has 0 saturated carbocycles. The minimum absolute atomic E-state index is 0.350. The molecule has 0 fully saturated rings. The van der Waals surface area contributed by atoms with Gasteiger partial charge in [-0.2, -0.15) is 13.9 Å². The summed E-state index contributed by atoms with van der Waals surface area (Å²) in [6.45, 7) is 10.1. The molecule has 0 atom stereocenters. The highest BCUT2D eigenvalue weighted by atomic mass is 31.2. The van der Waals surface area contributed by atoms with E-state index in [1.54, 1.807) is 0 Å². The monoisotopic (exact) mass is 390 g/mol. The normalized spacial score (nSPS) is 12.3. The minimum Gasteiger partial charge on any atom is -0.295 e. The average Bonchev–Trinajstić information content (AvgIpc) is 2.66. The van der Waals surface area contributed by atoms with Crippen LogP contribution in [-0.2, 0) is 22.3 Å². The van der Waals surface area contributed by atoms with Crippen molar-refractivity contribution in [1.29, 1.82) is 0 Å². The number of hydrogen-bond acceptors (Lipinski definition) is 4. The van der Waals surface area contributed by atoms with E-state index >= 15 is 0 Å². The number of nitrogens with zero attached hydrogens (tertiary/aromatic N) is 1. The molecule has 0 bridgehead atoms. The van der Waals surface area contributed by atoms with Gasteiger partial charge in [0.1, 0.15) is 13.2 Å². The van der Waals surface area contributed by atoms with Gasteiger partial charge in [0.05, 0.1) is 0 Å². The minimum atomic E-state index is -2.98. The molecule has 2 rings (SSSR count). The Morgan fingerprint density at radius 3 is 1.56 bits per heavy atom. The molecule has 0 aliphatic carbocycles. The van der Waals surface area contributed by atoms with Gasteiger partial charge >= 0.3 is 7.94 Å². The third-order valence-electron chi connectivity index (χ3n) is 4.52. The van der Waals surface area contributed by atoms with Crippen LogP contribution < -0.4 is 0 Å². The van der Waals surface area contributed by atoms with Gasteiger partial charge in [-0.15, -0.1) is 0 Å². The summed E-state index contributed by atoms with van der Waals surface area (Å²) in [5.74, 6) is 0. The predicted molar refractivity (Wildman–Crippen MR) is 113 cm³/mol. The lowest BCUT2D eigenvalue weighted by molar-refractivity contribution is 0.146. The number of benzene rings is 2. The Kier molecular flexibility index (Phi) is 8.88. The van der Waals surface area contributed by atoms with Crippen molar-refractivity contribution in [2.45, 2.75) is 53.0 Å². The number of rotatable bonds is 11. The molecule has 148 valence electrons. The van der Waals surface area contributed by atoms with Gasteiger partial charge < -0.3 is 0 Å². The van der Waals surface area contributed by atoms with E-state index in [1.165, 1.54) is 0 Å². The zero-order chi connectivity index (χ0) is 19.7. The van der Waals surface area contributed by atoms with Crippen LogP contribution in [0.2, 0.25) is 0 Å². The van der Waals surface area contributed by atoms with Gasteiger partial charge in [0.25, 0.3) is 0 Å². The first kappa shape index (κ1) is 22.0. The van der Waals surface area contributed by atoms with Crippen LogP contribution in [0.25, 0.3) is 0 Å². The second kappa shape index (κ2) is 10.9. The summed E-state index contributed by atoms with van der Waals surface area (Å²) in [6.07, 6.45) is 0.489. The van der Waals surface area contributed by atoms with E-state index in [2.05, 4.69) is 32.6 Å². The maximum atomic E-state index is 11.2. The van der Waals surface area contributed by atoms with Crippen molar-refractivity contribution in [3.05, 3.63) is 71.8 Å².